The Balaban J connectivity index is 2.20. The lowest BCUT2D eigenvalue weighted by Gasteiger charge is -2.33. The summed E-state index contributed by atoms with van der Waals surface area (Å²) in [5.74, 6) is -0.0196. The first-order chi connectivity index (χ1) is 7.64. The molecule has 1 saturated heterocycles. The quantitative estimate of drug-likeness (QED) is 0.744. The lowest BCUT2D eigenvalue weighted by Crippen LogP contribution is -2.47. The SMILES string of the molecule is Cn1ncnc1CC1(C(=O)O)CCCNC1. The minimum atomic E-state index is -0.747. The van der Waals surface area contributed by atoms with Crippen molar-refractivity contribution >= 4 is 5.97 Å². The van der Waals surface area contributed by atoms with Crippen LogP contribution in [0.2, 0.25) is 0 Å². The van der Waals surface area contributed by atoms with Crippen LogP contribution in [0.3, 0.4) is 0 Å². The Morgan fingerprint density at radius 2 is 2.56 bits per heavy atom. The fourth-order valence-corrected chi connectivity index (χ4v) is 2.16. The fraction of sp³-hybridized carbons (Fsp3) is 0.700. The van der Waals surface area contributed by atoms with Crippen molar-refractivity contribution in [2.75, 3.05) is 13.1 Å². The fourth-order valence-electron chi connectivity index (χ4n) is 2.16. The van der Waals surface area contributed by atoms with Crippen molar-refractivity contribution in [3.05, 3.63) is 12.2 Å². The van der Waals surface area contributed by atoms with Gasteiger partial charge in [-0.05, 0) is 19.4 Å². The van der Waals surface area contributed by atoms with Gasteiger partial charge in [0.2, 0.25) is 0 Å². The van der Waals surface area contributed by atoms with Gasteiger partial charge in [-0.1, -0.05) is 0 Å². The van der Waals surface area contributed by atoms with Crippen LogP contribution in [0.1, 0.15) is 18.7 Å². The van der Waals surface area contributed by atoms with Crippen molar-refractivity contribution in [3.63, 3.8) is 0 Å². The Hall–Kier alpha value is -1.43. The van der Waals surface area contributed by atoms with Gasteiger partial charge in [0.25, 0.3) is 0 Å². The highest BCUT2D eigenvalue weighted by Crippen LogP contribution is 2.30. The molecule has 1 aliphatic heterocycles. The van der Waals surface area contributed by atoms with Crippen LogP contribution in [-0.2, 0) is 18.3 Å². The zero-order chi connectivity index (χ0) is 11.6. The largest absolute Gasteiger partial charge is 0.481 e. The summed E-state index contributed by atoms with van der Waals surface area (Å²) < 4.78 is 1.64. The van der Waals surface area contributed by atoms with E-state index in [2.05, 4.69) is 15.4 Å². The smallest absolute Gasteiger partial charge is 0.311 e. The minimum Gasteiger partial charge on any atom is -0.481 e. The van der Waals surface area contributed by atoms with Crippen LogP contribution in [0.4, 0.5) is 0 Å². The van der Waals surface area contributed by atoms with Gasteiger partial charge in [0, 0.05) is 20.0 Å². The topological polar surface area (TPSA) is 80.0 Å². The molecule has 1 aliphatic rings. The van der Waals surface area contributed by atoms with Crippen molar-refractivity contribution < 1.29 is 9.90 Å². The Labute approximate surface area is 93.7 Å². The van der Waals surface area contributed by atoms with Crippen molar-refractivity contribution in [3.8, 4) is 0 Å². The van der Waals surface area contributed by atoms with E-state index in [0.29, 0.717) is 19.4 Å². The molecule has 6 heteroatoms. The summed E-state index contributed by atoms with van der Waals surface area (Å²) in [6.45, 7) is 1.41. The molecule has 2 rings (SSSR count). The van der Waals surface area contributed by atoms with Crippen LogP contribution in [0.5, 0.6) is 0 Å². The molecule has 0 bridgehead atoms. The normalized spacial score (nSPS) is 25.6. The molecule has 1 unspecified atom stereocenters. The second-order valence-corrected chi connectivity index (χ2v) is 4.34. The number of piperidine rings is 1. The third kappa shape index (κ3) is 1.92. The lowest BCUT2D eigenvalue weighted by molar-refractivity contribution is -0.150. The van der Waals surface area contributed by atoms with Crippen molar-refractivity contribution in [1.82, 2.24) is 20.1 Å². The van der Waals surface area contributed by atoms with E-state index in [4.69, 9.17) is 0 Å². The number of hydrogen-bond acceptors (Lipinski definition) is 4. The van der Waals surface area contributed by atoms with Crippen LogP contribution in [-0.4, -0.2) is 38.9 Å². The van der Waals surface area contributed by atoms with Crippen molar-refractivity contribution in [1.29, 1.82) is 0 Å². The van der Waals surface area contributed by atoms with Gasteiger partial charge in [0.05, 0.1) is 5.41 Å². The number of aromatic nitrogens is 3. The van der Waals surface area contributed by atoms with Crippen LogP contribution >= 0.6 is 0 Å². The maximum Gasteiger partial charge on any atom is 0.311 e. The number of rotatable bonds is 3. The second kappa shape index (κ2) is 4.21. The van der Waals surface area contributed by atoms with Gasteiger partial charge in [-0.25, -0.2) is 4.98 Å². The number of aryl methyl sites for hydroxylation is 1. The summed E-state index contributed by atoms with van der Waals surface area (Å²) in [7, 11) is 1.79. The number of carboxylic acids is 1. The molecule has 0 amide bonds. The maximum absolute atomic E-state index is 11.4. The minimum absolute atomic E-state index is 0.436. The van der Waals surface area contributed by atoms with E-state index in [1.54, 1.807) is 11.7 Å². The summed E-state index contributed by atoms with van der Waals surface area (Å²) in [4.78, 5) is 15.5. The molecule has 2 N–H and O–H groups in total. The van der Waals surface area contributed by atoms with Crippen LogP contribution in [0.15, 0.2) is 6.33 Å². The first-order valence-corrected chi connectivity index (χ1v) is 5.41. The molecule has 0 spiro atoms. The standard InChI is InChI=1S/C10H16N4O2/c1-14-8(12-7-13-14)5-10(9(15)16)3-2-4-11-6-10/h7,11H,2-6H2,1H3,(H,15,16). The third-order valence-corrected chi connectivity index (χ3v) is 3.23. The highest BCUT2D eigenvalue weighted by Gasteiger charge is 2.40. The van der Waals surface area contributed by atoms with E-state index >= 15 is 0 Å². The number of carboxylic acid groups (broad SMARTS) is 1. The number of aliphatic carboxylic acids is 1. The summed E-state index contributed by atoms with van der Waals surface area (Å²) in [5, 5.41) is 16.5. The van der Waals surface area contributed by atoms with Crippen molar-refractivity contribution in [2.45, 2.75) is 19.3 Å². The average molecular weight is 224 g/mol. The van der Waals surface area contributed by atoms with Crippen molar-refractivity contribution in [2.24, 2.45) is 12.5 Å². The zero-order valence-corrected chi connectivity index (χ0v) is 9.31. The predicted octanol–water partition coefficient (Wildman–Crippen LogP) is -0.188. The summed E-state index contributed by atoms with van der Waals surface area (Å²) >= 11 is 0. The van der Waals surface area contributed by atoms with E-state index in [1.807, 2.05) is 0 Å². The molecule has 2 heterocycles. The molecule has 0 aliphatic carbocycles. The molecule has 88 valence electrons. The Kier molecular flexibility index (Phi) is 2.91. The molecule has 1 aromatic rings. The average Bonchev–Trinajstić information content (AvgIpc) is 2.65. The van der Waals surface area contributed by atoms with Crippen LogP contribution in [0, 0.1) is 5.41 Å². The maximum atomic E-state index is 11.4. The van der Waals surface area contributed by atoms with E-state index in [9.17, 15) is 9.90 Å². The molecular weight excluding hydrogens is 208 g/mol. The molecule has 1 fully saturated rings. The Morgan fingerprint density at radius 1 is 1.75 bits per heavy atom. The van der Waals surface area contributed by atoms with Gasteiger partial charge in [-0.15, -0.1) is 0 Å². The molecule has 0 aromatic carbocycles. The van der Waals surface area contributed by atoms with Gasteiger partial charge in [0.1, 0.15) is 12.2 Å². The van der Waals surface area contributed by atoms with Gasteiger partial charge in [0.15, 0.2) is 0 Å². The van der Waals surface area contributed by atoms with Gasteiger partial charge < -0.3 is 10.4 Å². The second-order valence-electron chi connectivity index (χ2n) is 4.34. The number of carbonyl (C=O) groups is 1. The summed E-state index contributed by atoms with van der Waals surface area (Å²) in [5.41, 5.74) is -0.723. The zero-order valence-electron chi connectivity index (χ0n) is 9.31. The molecular formula is C10H16N4O2. The van der Waals surface area contributed by atoms with Crippen LogP contribution < -0.4 is 5.32 Å². The first kappa shape index (κ1) is 11.1. The van der Waals surface area contributed by atoms with Gasteiger partial charge in [-0.2, -0.15) is 5.10 Å². The first-order valence-electron chi connectivity index (χ1n) is 5.41. The molecule has 1 atom stereocenters. The Morgan fingerprint density at radius 3 is 3.06 bits per heavy atom. The van der Waals surface area contributed by atoms with E-state index < -0.39 is 11.4 Å². The molecule has 0 saturated carbocycles. The van der Waals surface area contributed by atoms with Gasteiger partial charge in [-0.3, -0.25) is 9.48 Å². The molecule has 1 aromatic heterocycles. The van der Waals surface area contributed by atoms with Gasteiger partial charge >= 0.3 is 5.97 Å². The summed E-state index contributed by atoms with van der Waals surface area (Å²) in [6.07, 6.45) is 3.49. The highest BCUT2D eigenvalue weighted by atomic mass is 16.4. The monoisotopic (exact) mass is 224 g/mol. The van der Waals surface area contributed by atoms with E-state index in [1.165, 1.54) is 6.33 Å². The molecule has 16 heavy (non-hydrogen) atoms. The lowest BCUT2D eigenvalue weighted by atomic mass is 9.77. The number of nitrogens with zero attached hydrogens (tertiary/aromatic N) is 3. The third-order valence-electron chi connectivity index (χ3n) is 3.23. The number of nitrogens with one attached hydrogen (secondary N) is 1. The molecule has 0 radical (unpaired) electrons. The van der Waals surface area contributed by atoms with Crippen LogP contribution in [0.25, 0.3) is 0 Å². The predicted molar refractivity (Wildman–Crippen MR) is 56.9 cm³/mol. The molecule has 6 nitrogen and oxygen atoms in total. The van der Waals surface area contributed by atoms with E-state index in [-0.39, 0.29) is 0 Å². The number of hydrogen-bond donors (Lipinski definition) is 2. The summed E-state index contributed by atoms with van der Waals surface area (Å²) in [6, 6.07) is 0. The highest BCUT2D eigenvalue weighted by molar-refractivity contribution is 5.75. The van der Waals surface area contributed by atoms with E-state index in [0.717, 1.165) is 18.8 Å². The Bertz CT molecular complexity index is 382.